The lowest BCUT2D eigenvalue weighted by atomic mass is 10.0. The third kappa shape index (κ3) is 20.3. The van der Waals surface area contributed by atoms with Gasteiger partial charge in [0.15, 0.2) is 5.34 Å². The highest BCUT2D eigenvalue weighted by molar-refractivity contribution is 7.99. The van der Waals surface area contributed by atoms with E-state index < -0.39 is 0 Å². The fourth-order valence-electron chi connectivity index (χ4n) is 4.82. The smallest absolute Gasteiger partial charge is 0.152 e. The van der Waals surface area contributed by atoms with Gasteiger partial charge in [-0.25, -0.2) is 0 Å². The standard InChI is InChI=1S/C27H56NS.HNO2/c1-4-5-6-7-8-9-10-11-12-13-14-15-16-17-18-19-21-28(22-20-27(2)3)23-25-29-26-24-28;2-1-3/h27H,4-26H2,1-3H3;(H,2,3)/q+1;. The second kappa shape index (κ2) is 23.9. The van der Waals surface area contributed by atoms with Gasteiger partial charge in [-0.05, 0) is 25.2 Å². The van der Waals surface area contributed by atoms with Crippen LogP contribution < -0.4 is 0 Å². The van der Waals surface area contributed by atoms with E-state index in [4.69, 9.17) is 10.1 Å². The summed E-state index contributed by atoms with van der Waals surface area (Å²) in [5.41, 5.74) is 0. The monoisotopic (exact) mass is 473 g/mol. The molecule has 0 atom stereocenters. The Hall–Kier alpha value is -0.290. The maximum atomic E-state index is 8.11. The van der Waals surface area contributed by atoms with Crippen molar-refractivity contribution in [3.05, 3.63) is 4.91 Å². The molecule has 1 fully saturated rings. The minimum Gasteiger partial charge on any atom is -0.379 e. The van der Waals surface area contributed by atoms with Crippen molar-refractivity contribution in [3.8, 4) is 0 Å². The predicted octanol–water partition coefficient (Wildman–Crippen LogP) is 9.00. The largest absolute Gasteiger partial charge is 0.379 e. The first-order valence-corrected chi connectivity index (χ1v) is 15.1. The van der Waals surface area contributed by atoms with Crippen LogP contribution >= 0.6 is 11.8 Å². The van der Waals surface area contributed by atoms with Crippen LogP contribution in [-0.4, -0.2) is 47.4 Å². The first kappa shape index (κ1) is 31.7. The van der Waals surface area contributed by atoms with Crippen molar-refractivity contribution in [2.24, 2.45) is 11.3 Å². The van der Waals surface area contributed by atoms with Gasteiger partial charge in [0, 0.05) is 11.5 Å². The van der Waals surface area contributed by atoms with Crippen LogP contribution in [0.5, 0.6) is 0 Å². The first-order valence-electron chi connectivity index (χ1n) is 14.0. The lowest BCUT2D eigenvalue weighted by Crippen LogP contribution is -2.54. The molecule has 1 aliphatic heterocycles. The van der Waals surface area contributed by atoms with Crippen molar-refractivity contribution < 1.29 is 9.69 Å². The third-order valence-electron chi connectivity index (χ3n) is 7.09. The maximum Gasteiger partial charge on any atom is 0.152 e. The minimum absolute atomic E-state index is 0.866. The molecule has 5 heteroatoms. The summed E-state index contributed by atoms with van der Waals surface area (Å²) in [6.07, 6.45) is 25.0. The highest BCUT2D eigenvalue weighted by Crippen LogP contribution is 2.22. The Labute approximate surface area is 205 Å². The van der Waals surface area contributed by atoms with Gasteiger partial charge in [-0.3, -0.25) is 0 Å². The minimum atomic E-state index is 0.866. The normalized spacial score (nSPS) is 15.4. The zero-order valence-electron chi connectivity index (χ0n) is 22.0. The van der Waals surface area contributed by atoms with Crippen LogP contribution in [0.4, 0.5) is 0 Å². The fraction of sp³-hybridized carbons (Fsp3) is 1.00. The Kier molecular flexibility index (Phi) is 23.6. The second-order valence-electron chi connectivity index (χ2n) is 10.4. The van der Waals surface area contributed by atoms with Crippen LogP contribution in [0.1, 0.15) is 130 Å². The van der Waals surface area contributed by atoms with Gasteiger partial charge in [0.25, 0.3) is 0 Å². The Morgan fingerprint density at radius 1 is 0.719 bits per heavy atom. The van der Waals surface area contributed by atoms with Gasteiger partial charge in [-0.2, -0.15) is 11.8 Å². The SMILES string of the molecule is CCCCCCCCCCCCCCCCCC[N+]1(CCC(C)C)CCSCC1.O=NO. The van der Waals surface area contributed by atoms with E-state index in [0.29, 0.717) is 0 Å². The molecule has 1 N–H and O–H groups in total. The third-order valence-corrected chi connectivity index (χ3v) is 8.03. The summed E-state index contributed by atoms with van der Waals surface area (Å²) in [7, 11) is 0. The van der Waals surface area contributed by atoms with Gasteiger partial charge >= 0.3 is 0 Å². The molecule has 192 valence electrons. The molecule has 1 rings (SSSR count). The average Bonchev–Trinajstić information content (AvgIpc) is 2.79. The Morgan fingerprint density at radius 3 is 1.47 bits per heavy atom. The second-order valence-corrected chi connectivity index (χ2v) is 11.6. The Balaban J connectivity index is 0.00000302. The molecule has 1 saturated heterocycles. The quantitative estimate of drug-likeness (QED) is 0.0830. The average molecular weight is 474 g/mol. The molecule has 0 saturated carbocycles. The molecule has 0 aliphatic carbocycles. The van der Waals surface area contributed by atoms with E-state index in [2.05, 4.69) is 32.5 Å². The molecular formula is C27H57N2O2S+. The van der Waals surface area contributed by atoms with E-state index in [1.54, 1.807) is 0 Å². The van der Waals surface area contributed by atoms with Gasteiger partial charge < -0.3 is 9.69 Å². The molecule has 4 nitrogen and oxygen atoms in total. The Bertz CT molecular complexity index is 388. The first-order chi connectivity index (χ1) is 15.6. The lowest BCUT2D eigenvalue weighted by molar-refractivity contribution is -0.925. The highest BCUT2D eigenvalue weighted by Gasteiger charge is 2.29. The number of nitrogens with zero attached hydrogens (tertiary/aromatic N) is 2. The molecule has 0 radical (unpaired) electrons. The molecule has 32 heavy (non-hydrogen) atoms. The molecule has 1 aliphatic rings. The molecule has 0 bridgehead atoms. The van der Waals surface area contributed by atoms with E-state index in [-0.39, 0.29) is 0 Å². The number of quaternary nitrogens is 1. The molecule has 0 spiro atoms. The maximum absolute atomic E-state index is 8.11. The number of hydrogen-bond donors (Lipinski definition) is 1. The highest BCUT2D eigenvalue weighted by atomic mass is 32.2. The lowest BCUT2D eigenvalue weighted by Gasteiger charge is -2.42. The summed E-state index contributed by atoms with van der Waals surface area (Å²) in [6, 6.07) is 0. The van der Waals surface area contributed by atoms with Crippen molar-refractivity contribution in [2.45, 2.75) is 130 Å². The number of thioether (sulfide) groups is 1. The van der Waals surface area contributed by atoms with Gasteiger partial charge in [0.1, 0.15) is 0 Å². The van der Waals surface area contributed by atoms with Crippen LogP contribution in [-0.2, 0) is 0 Å². The summed E-state index contributed by atoms with van der Waals surface area (Å²) in [4.78, 5) is 8.11. The van der Waals surface area contributed by atoms with Crippen LogP contribution in [0.2, 0.25) is 0 Å². The molecular weight excluding hydrogens is 416 g/mol. The van der Waals surface area contributed by atoms with Crippen molar-refractivity contribution in [1.82, 2.24) is 0 Å². The van der Waals surface area contributed by atoms with E-state index in [1.165, 1.54) is 157 Å². The van der Waals surface area contributed by atoms with Crippen molar-refractivity contribution in [2.75, 3.05) is 37.7 Å². The molecule has 0 aromatic heterocycles. The number of unbranched alkanes of at least 4 members (excludes halogenated alkanes) is 15. The van der Waals surface area contributed by atoms with E-state index in [0.717, 1.165) is 5.92 Å². The zero-order chi connectivity index (χ0) is 23.8. The van der Waals surface area contributed by atoms with Gasteiger partial charge in [-0.1, -0.05) is 111 Å². The van der Waals surface area contributed by atoms with Crippen molar-refractivity contribution >= 4 is 11.8 Å². The van der Waals surface area contributed by atoms with Crippen LogP contribution in [0.3, 0.4) is 0 Å². The van der Waals surface area contributed by atoms with Crippen LogP contribution in [0, 0.1) is 10.8 Å². The van der Waals surface area contributed by atoms with Gasteiger partial charge in [-0.15, -0.1) is 4.91 Å². The number of hydrogen-bond acceptors (Lipinski definition) is 3. The van der Waals surface area contributed by atoms with Crippen molar-refractivity contribution in [3.63, 3.8) is 0 Å². The summed E-state index contributed by atoms with van der Waals surface area (Å²) < 4.78 is 1.45. The summed E-state index contributed by atoms with van der Waals surface area (Å²) in [5.74, 6) is 3.67. The van der Waals surface area contributed by atoms with Crippen LogP contribution in [0.25, 0.3) is 0 Å². The molecule has 0 amide bonds. The van der Waals surface area contributed by atoms with E-state index >= 15 is 0 Å². The summed E-state index contributed by atoms with van der Waals surface area (Å²) in [5, 5.41) is 7.89. The molecule has 0 aromatic carbocycles. The summed E-state index contributed by atoms with van der Waals surface area (Å²) >= 11 is 2.18. The predicted molar refractivity (Wildman–Crippen MR) is 144 cm³/mol. The molecule has 1 heterocycles. The topological polar surface area (TPSA) is 49.7 Å². The number of rotatable bonds is 20. The van der Waals surface area contributed by atoms with Gasteiger partial charge in [0.2, 0.25) is 0 Å². The molecule has 0 unspecified atom stereocenters. The van der Waals surface area contributed by atoms with E-state index in [9.17, 15) is 0 Å². The van der Waals surface area contributed by atoms with Gasteiger partial charge in [0.05, 0.1) is 26.2 Å². The molecule has 0 aromatic rings. The zero-order valence-corrected chi connectivity index (χ0v) is 22.8. The van der Waals surface area contributed by atoms with Crippen LogP contribution in [0.15, 0.2) is 5.34 Å². The Morgan fingerprint density at radius 2 is 1.09 bits per heavy atom. The van der Waals surface area contributed by atoms with E-state index in [1.807, 2.05) is 0 Å². The summed E-state index contributed by atoms with van der Waals surface area (Å²) in [6.45, 7) is 12.9. The van der Waals surface area contributed by atoms with Crippen molar-refractivity contribution in [1.29, 1.82) is 0 Å². The fourth-order valence-corrected chi connectivity index (χ4v) is 6.05.